The number of hydrogen-bond donors (Lipinski definition) is 8. The lowest BCUT2D eigenvalue weighted by Gasteiger charge is -2.16. The van der Waals surface area contributed by atoms with E-state index in [-0.39, 0.29) is 55.7 Å². The first kappa shape index (κ1) is 26.0. The Morgan fingerprint density at radius 3 is 1.81 bits per heavy atom. The summed E-state index contributed by atoms with van der Waals surface area (Å²) in [7, 11) is 0. The lowest BCUT2D eigenvalue weighted by atomic mass is 9.94. The first-order valence-electron chi connectivity index (χ1n) is 12.0. The molecule has 4 aromatic carbocycles. The summed E-state index contributed by atoms with van der Waals surface area (Å²) in [4.78, 5) is 26.1. The van der Waals surface area contributed by atoms with Crippen molar-refractivity contribution in [2.75, 3.05) is 0 Å². The van der Waals surface area contributed by atoms with Gasteiger partial charge in [0.1, 0.15) is 50.9 Å². The van der Waals surface area contributed by atoms with Crippen molar-refractivity contribution in [2.24, 2.45) is 0 Å². The first-order chi connectivity index (χ1) is 19.9. The zero-order chi connectivity index (χ0) is 30.0. The molecular weight excluding hydrogens is 552 g/mol. The molecule has 0 saturated carbocycles. The smallest absolute Gasteiger partial charge is 0.197 e. The highest BCUT2D eigenvalue weighted by Crippen LogP contribution is 2.48. The molecule has 0 aliphatic rings. The minimum absolute atomic E-state index is 0.107. The fourth-order valence-corrected chi connectivity index (χ4v) is 4.76. The second-order valence-electron chi connectivity index (χ2n) is 9.37. The molecule has 0 saturated heterocycles. The monoisotopic (exact) mass is 570 g/mol. The van der Waals surface area contributed by atoms with Crippen molar-refractivity contribution in [1.82, 2.24) is 0 Å². The summed E-state index contributed by atoms with van der Waals surface area (Å²) in [5.74, 6) is -4.89. The molecule has 0 atom stereocenters. The summed E-state index contributed by atoms with van der Waals surface area (Å²) >= 11 is 0. The fourth-order valence-electron chi connectivity index (χ4n) is 4.76. The van der Waals surface area contributed by atoms with Crippen LogP contribution in [-0.2, 0) is 0 Å². The van der Waals surface area contributed by atoms with Gasteiger partial charge in [-0.05, 0) is 30.3 Å². The molecule has 0 bridgehead atoms. The molecule has 6 rings (SSSR count). The van der Waals surface area contributed by atoms with E-state index in [1.807, 2.05) is 0 Å². The molecule has 0 fully saturated rings. The Morgan fingerprint density at radius 1 is 0.476 bits per heavy atom. The molecule has 2 heterocycles. The summed E-state index contributed by atoms with van der Waals surface area (Å²) in [6.45, 7) is 0. The van der Waals surface area contributed by atoms with Crippen molar-refractivity contribution >= 4 is 21.9 Å². The normalized spacial score (nSPS) is 11.3. The second-order valence-corrected chi connectivity index (χ2v) is 9.37. The highest BCUT2D eigenvalue weighted by Gasteiger charge is 2.25. The van der Waals surface area contributed by atoms with Crippen LogP contribution < -0.4 is 10.9 Å². The molecule has 0 aliphatic heterocycles. The van der Waals surface area contributed by atoms with Gasteiger partial charge in [0.25, 0.3) is 0 Å². The van der Waals surface area contributed by atoms with Crippen LogP contribution in [0.3, 0.4) is 0 Å². The molecule has 0 unspecified atom stereocenters. The van der Waals surface area contributed by atoms with Gasteiger partial charge >= 0.3 is 0 Å². The quantitative estimate of drug-likeness (QED) is 0.137. The van der Waals surface area contributed by atoms with Gasteiger partial charge in [-0.2, -0.15) is 0 Å². The van der Waals surface area contributed by atoms with E-state index in [1.165, 1.54) is 6.07 Å². The summed E-state index contributed by atoms with van der Waals surface area (Å²) in [6, 6.07) is 10.5. The molecule has 12 nitrogen and oxygen atoms in total. The predicted molar refractivity (Wildman–Crippen MR) is 148 cm³/mol. The van der Waals surface area contributed by atoms with Gasteiger partial charge in [-0.25, -0.2) is 0 Å². The lowest BCUT2D eigenvalue weighted by Crippen LogP contribution is -2.03. The van der Waals surface area contributed by atoms with Crippen LogP contribution in [0.2, 0.25) is 0 Å². The highest BCUT2D eigenvalue weighted by molar-refractivity contribution is 6.03. The summed E-state index contributed by atoms with van der Waals surface area (Å²) in [5, 5.41) is 81.4. The van der Waals surface area contributed by atoms with E-state index in [0.717, 1.165) is 54.6 Å². The van der Waals surface area contributed by atoms with E-state index in [1.54, 1.807) is 0 Å². The summed E-state index contributed by atoms with van der Waals surface area (Å²) in [5.41, 5.74) is -2.46. The molecular formula is C30H18O12. The number of aromatic hydroxyl groups is 8. The van der Waals surface area contributed by atoms with Crippen LogP contribution >= 0.6 is 0 Å². The van der Waals surface area contributed by atoms with Gasteiger partial charge in [0.2, 0.25) is 0 Å². The van der Waals surface area contributed by atoms with Crippen molar-refractivity contribution in [3.05, 3.63) is 81.1 Å². The number of rotatable bonds is 3. The first-order valence-corrected chi connectivity index (χ1v) is 12.0. The van der Waals surface area contributed by atoms with Crippen LogP contribution in [0.4, 0.5) is 0 Å². The van der Waals surface area contributed by atoms with Crippen LogP contribution in [0.5, 0.6) is 46.0 Å². The van der Waals surface area contributed by atoms with Gasteiger partial charge in [-0.15, -0.1) is 0 Å². The standard InChI is InChI=1S/C30H18O12/c31-12-4-19(36)28-22(39)10-25(41-26(28)5-12)13-6-17(34)18(35)7-14(13)27-20(37)8-21(38)29-23(40)9-24(42-30(27)29)11-1-2-15(32)16(33)3-11/h1-10,31-38H. The zero-order valence-corrected chi connectivity index (χ0v) is 21.0. The maximum atomic E-state index is 13.2. The maximum absolute atomic E-state index is 13.2. The van der Waals surface area contributed by atoms with E-state index in [4.69, 9.17) is 8.83 Å². The van der Waals surface area contributed by atoms with E-state index in [9.17, 15) is 50.4 Å². The molecule has 2 aromatic heterocycles. The highest BCUT2D eigenvalue weighted by atomic mass is 16.3. The fraction of sp³-hybridized carbons (Fsp3) is 0. The minimum atomic E-state index is -0.759. The van der Waals surface area contributed by atoms with Crippen molar-refractivity contribution in [2.45, 2.75) is 0 Å². The lowest BCUT2D eigenvalue weighted by molar-refractivity contribution is 0.404. The molecule has 0 spiro atoms. The van der Waals surface area contributed by atoms with Gasteiger partial charge in [-0.3, -0.25) is 9.59 Å². The van der Waals surface area contributed by atoms with Crippen LogP contribution in [-0.4, -0.2) is 40.9 Å². The Bertz CT molecular complexity index is 2230. The van der Waals surface area contributed by atoms with E-state index in [2.05, 4.69) is 0 Å². The van der Waals surface area contributed by atoms with E-state index in [0.29, 0.717) is 0 Å². The Balaban J connectivity index is 1.71. The largest absolute Gasteiger partial charge is 0.508 e. The summed E-state index contributed by atoms with van der Waals surface area (Å²) < 4.78 is 11.7. The van der Waals surface area contributed by atoms with Crippen LogP contribution in [0.15, 0.2) is 79.1 Å². The maximum Gasteiger partial charge on any atom is 0.197 e. The van der Waals surface area contributed by atoms with E-state index >= 15 is 0 Å². The number of fused-ring (bicyclic) bond motifs is 2. The minimum Gasteiger partial charge on any atom is -0.508 e. The zero-order valence-electron chi connectivity index (χ0n) is 21.0. The number of hydrogen-bond acceptors (Lipinski definition) is 12. The topological polar surface area (TPSA) is 222 Å². The Kier molecular flexibility index (Phi) is 5.64. The number of phenols is 8. The molecule has 42 heavy (non-hydrogen) atoms. The summed E-state index contributed by atoms with van der Waals surface area (Å²) in [6.07, 6.45) is 0. The molecule has 0 radical (unpaired) electrons. The van der Waals surface area contributed by atoms with Gasteiger partial charge in [0.15, 0.2) is 39.4 Å². The molecule has 12 heteroatoms. The molecule has 210 valence electrons. The van der Waals surface area contributed by atoms with Gasteiger partial charge in [0, 0.05) is 47.0 Å². The van der Waals surface area contributed by atoms with Gasteiger partial charge < -0.3 is 49.7 Å². The molecule has 8 N–H and O–H groups in total. The van der Waals surface area contributed by atoms with E-state index < -0.39 is 56.9 Å². The van der Waals surface area contributed by atoms with Crippen molar-refractivity contribution in [3.8, 4) is 79.8 Å². The molecule has 0 amide bonds. The third kappa shape index (κ3) is 4.02. The second kappa shape index (κ2) is 9.13. The van der Waals surface area contributed by atoms with Crippen molar-refractivity contribution in [1.29, 1.82) is 0 Å². The number of benzene rings is 4. The Morgan fingerprint density at radius 2 is 1.10 bits per heavy atom. The van der Waals surface area contributed by atoms with Gasteiger partial charge in [0.05, 0.1) is 5.56 Å². The van der Waals surface area contributed by atoms with Crippen LogP contribution in [0, 0.1) is 0 Å². The van der Waals surface area contributed by atoms with Gasteiger partial charge in [-0.1, -0.05) is 0 Å². The average Bonchev–Trinajstić information content (AvgIpc) is 2.90. The Hall–Kier alpha value is -6.30. The third-order valence-corrected chi connectivity index (χ3v) is 6.66. The van der Waals surface area contributed by atoms with Crippen molar-refractivity contribution < 1.29 is 49.7 Å². The molecule has 6 aromatic rings. The SMILES string of the molecule is O=c1cc(-c2cc(O)c(O)cc2-c2c(O)cc(O)c3c(=O)cc(-c4ccc(O)c(O)c4)oc23)oc2cc(O)cc(O)c12. The predicted octanol–water partition coefficient (Wildman–Crippen LogP) is 4.55. The van der Waals surface area contributed by atoms with Crippen molar-refractivity contribution in [3.63, 3.8) is 0 Å². The Labute approximate surface area is 232 Å². The average molecular weight is 570 g/mol. The van der Waals surface area contributed by atoms with Crippen LogP contribution in [0.1, 0.15) is 0 Å². The third-order valence-electron chi connectivity index (χ3n) is 6.66. The van der Waals surface area contributed by atoms with Crippen LogP contribution in [0.25, 0.3) is 55.7 Å². The molecule has 0 aliphatic carbocycles. The number of phenolic OH excluding ortho intramolecular Hbond substituents is 8.